The zero-order valence-corrected chi connectivity index (χ0v) is 10.7. The lowest BCUT2D eigenvalue weighted by molar-refractivity contribution is 0.0697. The van der Waals surface area contributed by atoms with E-state index in [0.717, 1.165) is 6.07 Å². The van der Waals surface area contributed by atoms with E-state index < -0.39 is 11.8 Å². The van der Waals surface area contributed by atoms with Gasteiger partial charge in [0.1, 0.15) is 11.3 Å². The molecule has 0 aliphatic rings. The number of nitrogens with zero attached hydrogens (tertiary/aromatic N) is 3. The van der Waals surface area contributed by atoms with Crippen LogP contribution in [0, 0.1) is 5.82 Å². The van der Waals surface area contributed by atoms with Crippen LogP contribution in [0.5, 0.6) is 0 Å². The summed E-state index contributed by atoms with van der Waals surface area (Å²) in [5.74, 6) is -1.51. The largest absolute Gasteiger partial charge is 0.478 e. The first-order chi connectivity index (χ1) is 9.56. The molecule has 0 saturated heterocycles. The van der Waals surface area contributed by atoms with Gasteiger partial charge >= 0.3 is 5.97 Å². The number of carboxylic acid groups (broad SMARTS) is 1. The Morgan fingerprint density at radius 1 is 1.25 bits per heavy atom. The van der Waals surface area contributed by atoms with Crippen LogP contribution in [0.2, 0.25) is 5.02 Å². The molecule has 0 amide bonds. The summed E-state index contributed by atoms with van der Waals surface area (Å²) >= 11 is 5.98. The van der Waals surface area contributed by atoms with Crippen LogP contribution < -0.4 is 0 Å². The van der Waals surface area contributed by atoms with E-state index in [1.54, 1.807) is 6.07 Å². The predicted octanol–water partition coefficient (Wildman–Crippen LogP) is 2.91. The molecule has 7 heteroatoms. The first kappa shape index (κ1) is 12.6. The SMILES string of the molecule is O=C(O)c1ccc2nnn(-c3ccc(F)cc3Cl)c2c1. The molecule has 0 radical (unpaired) electrons. The van der Waals surface area contributed by atoms with E-state index in [2.05, 4.69) is 10.3 Å². The Labute approximate surface area is 117 Å². The fourth-order valence-electron chi connectivity index (χ4n) is 1.88. The van der Waals surface area contributed by atoms with Crippen LogP contribution in [-0.4, -0.2) is 26.1 Å². The van der Waals surface area contributed by atoms with Crippen molar-refractivity contribution in [3.8, 4) is 5.69 Å². The molecule has 0 aliphatic heterocycles. The predicted molar refractivity (Wildman–Crippen MR) is 70.8 cm³/mol. The molecule has 0 spiro atoms. The van der Waals surface area contributed by atoms with Gasteiger partial charge in [0.2, 0.25) is 0 Å². The third kappa shape index (κ3) is 2.00. The minimum absolute atomic E-state index is 0.110. The van der Waals surface area contributed by atoms with Crippen LogP contribution in [0.15, 0.2) is 36.4 Å². The quantitative estimate of drug-likeness (QED) is 0.788. The molecular weight excluding hydrogens is 285 g/mol. The minimum atomic E-state index is -1.05. The summed E-state index contributed by atoms with van der Waals surface area (Å²) in [7, 11) is 0. The molecule has 0 unspecified atom stereocenters. The van der Waals surface area contributed by atoms with Crippen molar-refractivity contribution < 1.29 is 14.3 Å². The Kier molecular flexibility index (Phi) is 2.87. The Balaban J connectivity index is 2.25. The van der Waals surface area contributed by atoms with E-state index in [0.29, 0.717) is 16.7 Å². The third-order valence-electron chi connectivity index (χ3n) is 2.83. The number of halogens is 2. The molecule has 0 fully saturated rings. The Hall–Kier alpha value is -2.47. The maximum absolute atomic E-state index is 13.1. The number of benzene rings is 2. The first-order valence-electron chi connectivity index (χ1n) is 5.60. The van der Waals surface area contributed by atoms with Crippen LogP contribution >= 0.6 is 11.6 Å². The van der Waals surface area contributed by atoms with Gasteiger partial charge in [-0.25, -0.2) is 13.9 Å². The maximum Gasteiger partial charge on any atom is 0.335 e. The minimum Gasteiger partial charge on any atom is -0.478 e. The summed E-state index contributed by atoms with van der Waals surface area (Å²) in [5, 5.41) is 17.0. The van der Waals surface area contributed by atoms with Gasteiger partial charge in [-0.3, -0.25) is 0 Å². The maximum atomic E-state index is 13.1. The smallest absolute Gasteiger partial charge is 0.335 e. The molecule has 0 aliphatic carbocycles. The second-order valence-electron chi connectivity index (χ2n) is 4.11. The summed E-state index contributed by atoms with van der Waals surface area (Å²) in [6, 6.07) is 8.30. The van der Waals surface area contributed by atoms with Crippen LogP contribution in [0.1, 0.15) is 10.4 Å². The molecule has 3 aromatic rings. The van der Waals surface area contributed by atoms with Crippen LogP contribution in [0.3, 0.4) is 0 Å². The van der Waals surface area contributed by atoms with E-state index >= 15 is 0 Å². The molecule has 1 N–H and O–H groups in total. The summed E-state index contributed by atoms with van der Waals surface area (Å²) in [6.45, 7) is 0. The Morgan fingerprint density at radius 3 is 2.75 bits per heavy atom. The zero-order chi connectivity index (χ0) is 14.3. The highest BCUT2D eigenvalue weighted by Crippen LogP contribution is 2.24. The van der Waals surface area contributed by atoms with Crippen LogP contribution in [-0.2, 0) is 0 Å². The molecule has 5 nitrogen and oxygen atoms in total. The summed E-state index contributed by atoms with van der Waals surface area (Å²) < 4.78 is 14.4. The molecule has 3 rings (SSSR count). The van der Waals surface area contributed by atoms with Crippen LogP contribution in [0.4, 0.5) is 4.39 Å². The van der Waals surface area contributed by atoms with Crippen molar-refractivity contribution in [1.82, 2.24) is 15.0 Å². The molecule has 20 heavy (non-hydrogen) atoms. The fraction of sp³-hybridized carbons (Fsp3) is 0. The zero-order valence-electron chi connectivity index (χ0n) is 9.92. The molecule has 2 aromatic carbocycles. The molecule has 0 atom stereocenters. The highest BCUT2D eigenvalue weighted by atomic mass is 35.5. The van der Waals surface area contributed by atoms with E-state index in [4.69, 9.17) is 16.7 Å². The number of carboxylic acids is 1. The Morgan fingerprint density at radius 2 is 2.05 bits per heavy atom. The third-order valence-corrected chi connectivity index (χ3v) is 3.13. The fourth-order valence-corrected chi connectivity index (χ4v) is 2.13. The Bertz CT molecular complexity index is 832. The van der Waals surface area contributed by atoms with Gasteiger partial charge in [0.25, 0.3) is 0 Å². The number of fused-ring (bicyclic) bond motifs is 1. The van der Waals surface area contributed by atoms with Gasteiger partial charge in [-0.2, -0.15) is 0 Å². The van der Waals surface area contributed by atoms with Gasteiger partial charge in [-0.15, -0.1) is 5.10 Å². The van der Waals surface area contributed by atoms with Gasteiger partial charge in [0.05, 0.1) is 21.8 Å². The monoisotopic (exact) mass is 291 g/mol. The molecule has 0 bridgehead atoms. The van der Waals surface area contributed by atoms with Crippen molar-refractivity contribution in [1.29, 1.82) is 0 Å². The van der Waals surface area contributed by atoms with Gasteiger partial charge in [0.15, 0.2) is 0 Å². The van der Waals surface area contributed by atoms with Gasteiger partial charge in [-0.05, 0) is 36.4 Å². The van der Waals surface area contributed by atoms with E-state index in [1.165, 1.54) is 28.9 Å². The normalized spacial score (nSPS) is 10.9. The van der Waals surface area contributed by atoms with Crippen molar-refractivity contribution in [2.75, 3.05) is 0 Å². The topological polar surface area (TPSA) is 68.0 Å². The number of aromatic nitrogens is 3. The van der Waals surface area contributed by atoms with Crippen molar-refractivity contribution in [3.63, 3.8) is 0 Å². The second kappa shape index (κ2) is 4.57. The van der Waals surface area contributed by atoms with Crippen molar-refractivity contribution >= 4 is 28.6 Å². The number of aromatic carboxylic acids is 1. The summed E-state index contributed by atoms with van der Waals surface area (Å²) in [6.07, 6.45) is 0. The highest BCUT2D eigenvalue weighted by molar-refractivity contribution is 6.32. The lowest BCUT2D eigenvalue weighted by atomic mass is 10.2. The van der Waals surface area contributed by atoms with Crippen molar-refractivity contribution in [2.24, 2.45) is 0 Å². The molecule has 1 aromatic heterocycles. The highest BCUT2D eigenvalue weighted by Gasteiger charge is 2.13. The lowest BCUT2D eigenvalue weighted by Gasteiger charge is -2.05. The number of rotatable bonds is 2. The molecule has 0 saturated carbocycles. The first-order valence-corrected chi connectivity index (χ1v) is 5.98. The lowest BCUT2D eigenvalue weighted by Crippen LogP contribution is -2.00. The summed E-state index contributed by atoms with van der Waals surface area (Å²) in [5.41, 5.74) is 1.55. The van der Waals surface area contributed by atoms with Gasteiger partial charge in [-0.1, -0.05) is 16.8 Å². The van der Waals surface area contributed by atoms with Gasteiger partial charge < -0.3 is 5.11 Å². The summed E-state index contributed by atoms with van der Waals surface area (Å²) in [4.78, 5) is 11.0. The molecule has 1 heterocycles. The average molecular weight is 292 g/mol. The van der Waals surface area contributed by atoms with Gasteiger partial charge in [0, 0.05) is 0 Å². The standard InChI is InChI=1S/C13H7ClFN3O2/c14-9-6-8(15)2-4-11(9)18-12-5-7(13(19)20)1-3-10(12)16-17-18/h1-6H,(H,19,20). The average Bonchev–Trinajstić information content (AvgIpc) is 2.81. The number of hydrogen-bond acceptors (Lipinski definition) is 3. The van der Waals surface area contributed by atoms with Crippen molar-refractivity contribution in [2.45, 2.75) is 0 Å². The number of carbonyl (C=O) groups is 1. The van der Waals surface area contributed by atoms with Crippen molar-refractivity contribution in [3.05, 3.63) is 52.8 Å². The van der Waals surface area contributed by atoms with Crippen LogP contribution in [0.25, 0.3) is 16.7 Å². The van der Waals surface area contributed by atoms with E-state index in [9.17, 15) is 9.18 Å². The van der Waals surface area contributed by atoms with E-state index in [1.807, 2.05) is 0 Å². The molecule has 100 valence electrons. The van der Waals surface area contributed by atoms with E-state index in [-0.39, 0.29) is 10.6 Å². The molecular formula is C13H7ClFN3O2. The second-order valence-corrected chi connectivity index (χ2v) is 4.51. The number of hydrogen-bond donors (Lipinski definition) is 1.